The molecule has 5 rings (SSSR count). The lowest BCUT2D eigenvalue weighted by Crippen LogP contribution is -2.62. The molecule has 3 saturated heterocycles. The molecule has 3 aliphatic rings. The summed E-state index contributed by atoms with van der Waals surface area (Å²) in [4.78, 5) is 17.0. The van der Waals surface area contributed by atoms with E-state index >= 15 is 0 Å². The van der Waals surface area contributed by atoms with E-state index in [4.69, 9.17) is 0 Å². The highest BCUT2D eigenvalue weighted by Gasteiger charge is 2.50. The number of anilines is 1. The Labute approximate surface area is 166 Å². The summed E-state index contributed by atoms with van der Waals surface area (Å²) < 4.78 is 0. The number of aryl methyl sites for hydroxylation is 1. The molecule has 2 aromatic rings. The minimum Gasteiger partial charge on any atom is -0.355 e. The lowest BCUT2D eigenvalue weighted by atomic mass is 9.76. The molecule has 5 nitrogen and oxygen atoms in total. The van der Waals surface area contributed by atoms with E-state index in [1.165, 1.54) is 55.7 Å². The highest BCUT2D eigenvalue weighted by Crippen LogP contribution is 2.44. The van der Waals surface area contributed by atoms with E-state index in [1.54, 1.807) is 6.33 Å². The Hall–Kier alpha value is -1.24. The Morgan fingerprint density at radius 2 is 2.07 bits per heavy atom. The summed E-state index contributed by atoms with van der Waals surface area (Å²) in [6.07, 6.45) is 6.82. The van der Waals surface area contributed by atoms with E-state index in [0.29, 0.717) is 5.41 Å². The SMILES string of the molecule is CCc1cc2c(N3CCC4(C3)CN([C@H](C)C3CCNCC3)C4)ncnc2s1. The van der Waals surface area contributed by atoms with Crippen LogP contribution in [-0.4, -0.2) is 60.2 Å². The summed E-state index contributed by atoms with van der Waals surface area (Å²) in [7, 11) is 0. The van der Waals surface area contributed by atoms with Gasteiger partial charge in [0.2, 0.25) is 0 Å². The molecule has 1 N–H and O–H groups in total. The van der Waals surface area contributed by atoms with Gasteiger partial charge in [-0.2, -0.15) is 0 Å². The van der Waals surface area contributed by atoms with E-state index in [-0.39, 0.29) is 0 Å². The van der Waals surface area contributed by atoms with E-state index < -0.39 is 0 Å². The first-order chi connectivity index (χ1) is 13.2. The largest absolute Gasteiger partial charge is 0.355 e. The second kappa shape index (κ2) is 6.98. The van der Waals surface area contributed by atoms with Crippen LogP contribution in [0, 0.1) is 11.3 Å². The van der Waals surface area contributed by atoms with Gasteiger partial charge < -0.3 is 10.2 Å². The minimum atomic E-state index is 0.488. The lowest BCUT2D eigenvalue weighted by molar-refractivity contribution is -0.0331. The number of likely N-dealkylation sites (tertiary alicyclic amines) is 1. The summed E-state index contributed by atoms with van der Waals surface area (Å²) in [6.45, 7) is 11.9. The molecule has 3 aliphatic heterocycles. The van der Waals surface area contributed by atoms with Gasteiger partial charge >= 0.3 is 0 Å². The normalized spacial score (nSPS) is 24.6. The molecule has 0 bridgehead atoms. The van der Waals surface area contributed by atoms with Crippen molar-refractivity contribution < 1.29 is 0 Å². The van der Waals surface area contributed by atoms with Crippen LogP contribution in [0.25, 0.3) is 10.2 Å². The van der Waals surface area contributed by atoms with Gasteiger partial charge in [0.1, 0.15) is 17.0 Å². The predicted molar refractivity (Wildman–Crippen MR) is 113 cm³/mol. The van der Waals surface area contributed by atoms with Crippen LogP contribution in [0.1, 0.15) is 38.0 Å². The first kappa shape index (κ1) is 17.8. The number of rotatable bonds is 4. The van der Waals surface area contributed by atoms with E-state index in [9.17, 15) is 0 Å². The van der Waals surface area contributed by atoms with Crippen molar-refractivity contribution in [3.05, 3.63) is 17.3 Å². The number of thiophene rings is 1. The molecule has 1 spiro atoms. The molecule has 3 fully saturated rings. The monoisotopic (exact) mass is 385 g/mol. The third-order valence-corrected chi connectivity index (χ3v) is 8.35. The van der Waals surface area contributed by atoms with Crippen LogP contribution in [0.3, 0.4) is 0 Å². The van der Waals surface area contributed by atoms with Crippen LogP contribution in [-0.2, 0) is 6.42 Å². The quantitative estimate of drug-likeness (QED) is 0.876. The topological polar surface area (TPSA) is 44.3 Å². The Balaban J connectivity index is 1.27. The van der Waals surface area contributed by atoms with Crippen molar-refractivity contribution in [1.29, 1.82) is 0 Å². The molecule has 1 atom stereocenters. The highest BCUT2D eigenvalue weighted by molar-refractivity contribution is 7.18. The second-order valence-electron chi connectivity index (χ2n) is 8.89. The predicted octanol–water partition coefficient (Wildman–Crippen LogP) is 3.15. The number of aromatic nitrogens is 2. The molecule has 0 amide bonds. The molecule has 27 heavy (non-hydrogen) atoms. The number of nitrogens with one attached hydrogen (secondary N) is 1. The van der Waals surface area contributed by atoms with E-state index in [2.05, 4.69) is 45.0 Å². The first-order valence-electron chi connectivity index (χ1n) is 10.6. The first-order valence-corrected chi connectivity index (χ1v) is 11.4. The van der Waals surface area contributed by atoms with E-state index in [1.807, 2.05) is 11.3 Å². The van der Waals surface area contributed by atoms with Gasteiger partial charge in [-0.25, -0.2) is 9.97 Å². The fourth-order valence-corrected chi connectivity index (χ4v) is 6.35. The van der Waals surface area contributed by atoms with Gasteiger partial charge in [0.15, 0.2) is 0 Å². The number of piperidine rings is 1. The van der Waals surface area contributed by atoms with Crippen molar-refractivity contribution in [2.24, 2.45) is 11.3 Å². The summed E-state index contributed by atoms with van der Waals surface area (Å²) in [6, 6.07) is 3.05. The Kier molecular flexibility index (Phi) is 4.61. The highest BCUT2D eigenvalue weighted by atomic mass is 32.1. The van der Waals surface area contributed by atoms with Crippen molar-refractivity contribution in [3.63, 3.8) is 0 Å². The summed E-state index contributed by atoms with van der Waals surface area (Å²) >= 11 is 1.82. The number of nitrogens with zero attached hydrogens (tertiary/aromatic N) is 4. The molecule has 0 aliphatic carbocycles. The molecule has 0 aromatic carbocycles. The zero-order chi connectivity index (χ0) is 18.4. The van der Waals surface area contributed by atoms with Crippen LogP contribution in [0.15, 0.2) is 12.4 Å². The number of hydrogen-bond acceptors (Lipinski definition) is 6. The molecular weight excluding hydrogens is 354 g/mol. The van der Waals surface area contributed by atoms with Crippen molar-refractivity contribution in [2.75, 3.05) is 44.2 Å². The fourth-order valence-electron chi connectivity index (χ4n) is 5.42. The van der Waals surface area contributed by atoms with Crippen LogP contribution >= 0.6 is 11.3 Å². The van der Waals surface area contributed by atoms with Gasteiger partial charge in [-0.1, -0.05) is 6.92 Å². The summed E-state index contributed by atoms with van der Waals surface area (Å²) in [5.74, 6) is 2.04. The third kappa shape index (κ3) is 3.15. The maximum Gasteiger partial charge on any atom is 0.140 e. The molecule has 5 heterocycles. The third-order valence-electron chi connectivity index (χ3n) is 7.16. The van der Waals surface area contributed by atoms with Gasteiger partial charge in [-0.05, 0) is 57.7 Å². The zero-order valence-electron chi connectivity index (χ0n) is 16.6. The fraction of sp³-hybridized carbons (Fsp3) is 0.714. The average Bonchev–Trinajstić information content (AvgIpc) is 3.31. The molecular formula is C21H31N5S. The van der Waals surface area contributed by atoms with Crippen molar-refractivity contribution >= 4 is 27.4 Å². The van der Waals surface area contributed by atoms with Crippen molar-refractivity contribution in [3.8, 4) is 0 Å². The van der Waals surface area contributed by atoms with E-state index in [0.717, 1.165) is 42.1 Å². The van der Waals surface area contributed by atoms with Crippen LogP contribution < -0.4 is 10.2 Å². The Morgan fingerprint density at radius 1 is 1.26 bits per heavy atom. The number of hydrogen-bond donors (Lipinski definition) is 1. The smallest absolute Gasteiger partial charge is 0.140 e. The molecule has 146 valence electrons. The zero-order valence-corrected chi connectivity index (χ0v) is 17.4. The molecule has 0 saturated carbocycles. The standard InChI is InChI=1S/C21H31N5S/c1-3-17-10-18-19(23-14-24-20(18)27-17)25-9-6-21(11-25)12-26(13-21)15(2)16-4-7-22-8-5-16/h10,14-16,22H,3-9,11-13H2,1-2H3/t15-/m1/s1. The molecule has 6 heteroatoms. The van der Waals surface area contributed by atoms with Gasteiger partial charge in [-0.15, -0.1) is 11.3 Å². The van der Waals surface area contributed by atoms with Gasteiger partial charge in [-0.3, -0.25) is 4.90 Å². The number of fused-ring (bicyclic) bond motifs is 1. The maximum absolute atomic E-state index is 4.69. The second-order valence-corrected chi connectivity index (χ2v) is 10.0. The van der Waals surface area contributed by atoms with Gasteiger partial charge in [0, 0.05) is 42.5 Å². The summed E-state index contributed by atoms with van der Waals surface area (Å²) in [5.41, 5.74) is 0.488. The Morgan fingerprint density at radius 3 is 2.85 bits per heavy atom. The average molecular weight is 386 g/mol. The molecule has 2 aromatic heterocycles. The van der Waals surface area contributed by atoms with Crippen LogP contribution in [0.2, 0.25) is 0 Å². The van der Waals surface area contributed by atoms with Crippen LogP contribution in [0.5, 0.6) is 0 Å². The Bertz CT molecular complexity index is 806. The van der Waals surface area contributed by atoms with Crippen LogP contribution in [0.4, 0.5) is 5.82 Å². The van der Waals surface area contributed by atoms with Crippen molar-refractivity contribution in [2.45, 2.75) is 45.6 Å². The van der Waals surface area contributed by atoms with Gasteiger partial charge in [0.25, 0.3) is 0 Å². The van der Waals surface area contributed by atoms with Gasteiger partial charge in [0.05, 0.1) is 5.39 Å². The van der Waals surface area contributed by atoms with Crippen molar-refractivity contribution in [1.82, 2.24) is 20.2 Å². The lowest BCUT2D eigenvalue weighted by Gasteiger charge is -2.53. The maximum atomic E-state index is 4.69. The summed E-state index contributed by atoms with van der Waals surface area (Å²) in [5, 5.41) is 4.76. The molecule has 0 radical (unpaired) electrons. The minimum absolute atomic E-state index is 0.488. The molecule has 0 unspecified atom stereocenters.